The maximum atomic E-state index is 5.53. The Morgan fingerprint density at radius 2 is 1.94 bits per heavy atom. The summed E-state index contributed by atoms with van der Waals surface area (Å²) in [7, 11) is 0. The van der Waals surface area contributed by atoms with Crippen molar-refractivity contribution in [2.45, 2.75) is 0 Å². The van der Waals surface area contributed by atoms with Crippen LogP contribution in [0.3, 0.4) is 0 Å². The van der Waals surface area contributed by atoms with Gasteiger partial charge in [-0.25, -0.2) is 4.98 Å². The highest BCUT2D eigenvalue weighted by atomic mass is 16.3. The molecule has 0 unspecified atom stereocenters. The molecule has 0 radical (unpaired) electrons. The van der Waals surface area contributed by atoms with Gasteiger partial charge in [-0.2, -0.15) is 0 Å². The van der Waals surface area contributed by atoms with E-state index in [9.17, 15) is 0 Å². The molecule has 0 spiro atoms. The molecule has 3 nitrogen and oxygen atoms in total. The smallest absolute Gasteiger partial charge is 0.220 e. The van der Waals surface area contributed by atoms with Crippen LogP contribution in [-0.2, 0) is 0 Å². The minimum Gasteiger partial charge on any atom is -0.465 e. The highest BCUT2D eigenvalue weighted by Crippen LogP contribution is 2.16. The van der Waals surface area contributed by atoms with Gasteiger partial charge in [0, 0.05) is 6.08 Å². The number of rotatable bonds is 2. The van der Waals surface area contributed by atoms with Crippen molar-refractivity contribution >= 4 is 23.3 Å². The van der Waals surface area contributed by atoms with Crippen LogP contribution in [0.2, 0.25) is 0 Å². The lowest BCUT2D eigenvalue weighted by Crippen LogP contribution is -1.68. The average Bonchev–Trinajstić information content (AvgIpc) is 2.95. The maximum absolute atomic E-state index is 5.53. The van der Waals surface area contributed by atoms with Crippen molar-refractivity contribution in [2.24, 2.45) is 0 Å². The predicted octanol–water partition coefficient (Wildman–Crippen LogP) is 3.59. The first-order chi connectivity index (χ1) is 7.92. The Hall–Kier alpha value is -2.29. The van der Waals surface area contributed by atoms with Gasteiger partial charge >= 0.3 is 0 Å². The molecule has 0 aliphatic heterocycles. The van der Waals surface area contributed by atoms with Crippen molar-refractivity contribution in [1.82, 2.24) is 4.98 Å². The number of aromatic nitrogens is 1. The lowest BCUT2D eigenvalue weighted by Gasteiger charge is -1.82. The van der Waals surface area contributed by atoms with Gasteiger partial charge in [0.1, 0.15) is 11.3 Å². The van der Waals surface area contributed by atoms with Crippen molar-refractivity contribution in [3.05, 3.63) is 54.3 Å². The fourth-order valence-electron chi connectivity index (χ4n) is 1.50. The average molecular weight is 211 g/mol. The quantitative estimate of drug-likeness (QED) is 0.650. The highest BCUT2D eigenvalue weighted by molar-refractivity contribution is 5.75. The van der Waals surface area contributed by atoms with Crippen LogP contribution in [0.1, 0.15) is 11.7 Å². The zero-order valence-corrected chi connectivity index (χ0v) is 8.46. The van der Waals surface area contributed by atoms with Gasteiger partial charge < -0.3 is 8.83 Å². The van der Waals surface area contributed by atoms with Gasteiger partial charge in [0.05, 0.1) is 6.26 Å². The first kappa shape index (κ1) is 8.97. The summed E-state index contributed by atoms with van der Waals surface area (Å²) >= 11 is 0. The summed E-state index contributed by atoms with van der Waals surface area (Å²) in [4.78, 5) is 4.32. The first-order valence-electron chi connectivity index (χ1n) is 4.99. The second kappa shape index (κ2) is 3.70. The molecular formula is C13H9NO2. The molecule has 0 aliphatic rings. The van der Waals surface area contributed by atoms with E-state index in [0.717, 1.165) is 16.9 Å². The number of fused-ring (bicyclic) bond motifs is 1. The molecule has 3 rings (SSSR count). The summed E-state index contributed by atoms with van der Waals surface area (Å²) in [5.74, 6) is 1.36. The third-order valence-electron chi connectivity index (χ3n) is 2.24. The lowest BCUT2D eigenvalue weighted by atomic mass is 10.3. The molecule has 78 valence electrons. The molecule has 1 aromatic carbocycles. The molecule has 0 N–H and O–H groups in total. The van der Waals surface area contributed by atoms with Crippen molar-refractivity contribution in [2.75, 3.05) is 0 Å². The van der Waals surface area contributed by atoms with Gasteiger partial charge in [-0.3, -0.25) is 0 Å². The highest BCUT2D eigenvalue weighted by Gasteiger charge is 2.00. The van der Waals surface area contributed by atoms with Crippen molar-refractivity contribution in [3.8, 4) is 0 Å². The molecule has 3 heteroatoms. The molecule has 0 fully saturated rings. The molecule has 0 amide bonds. The molecule has 0 aliphatic carbocycles. The van der Waals surface area contributed by atoms with Crippen LogP contribution in [0.15, 0.2) is 51.5 Å². The molecule has 0 bridgehead atoms. The molecule has 3 aromatic rings. The number of oxazole rings is 1. The van der Waals surface area contributed by atoms with Crippen LogP contribution in [0.25, 0.3) is 23.3 Å². The summed E-state index contributed by atoms with van der Waals surface area (Å²) in [6, 6.07) is 11.4. The predicted molar refractivity (Wildman–Crippen MR) is 61.6 cm³/mol. The van der Waals surface area contributed by atoms with Crippen molar-refractivity contribution < 1.29 is 8.83 Å². The Morgan fingerprint density at radius 1 is 1.00 bits per heavy atom. The molecule has 0 saturated heterocycles. The van der Waals surface area contributed by atoms with Gasteiger partial charge in [-0.05, 0) is 30.3 Å². The summed E-state index contributed by atoms with van der Waals surface area (Å²) in [5, 5.41) is 0. The topological polar surface area (TPSA) is 39.2 Å². The van der Waals surface area contributed by atoms with Crippen molar-refractivity contribution in [1.29, 1.82) is 0 Å². The van der Waals surface area contributed by atoms with E-state index in [2.05, 4.69) is 4.98 Å². The molecular weight excluding hydrogens is 202 g/mol. The largest absolute Gasteiger partial charge is 0.465 e. The van der Waals surface area contributed by atoms with Crippen molar-refractivity contribution in [3.63, 3.8) is 0 Å². The zero-order chi connectivity index (χ0) is 10.8. The second-order valence-electron chi connectivity index (χ2n) is 3.37. The third kappa shape index (κ3) is 1.63. The van der Waals surface area contributed by atoms with Crippen LogP contribution in [0.5, 0.6) is 0 Å². The van der Waals surface area contributed by atoms with E-state index in [1.54, 1.807) is 12.3 Å². The number of para-hydroxylation sites is 2. The van der Waals surface area contributed by atoms with E-state index >= 15 is 0 Å². The number of furan rings is 1. The second-order valence-corrected chi connectivity index (χ2v) is 3.37. The standard InChI is InChI=1S/C13H9NO2/c1-2-6-12-11(5-1)14-13(16-12)8-7-10-4-3-9-15-10/h1-9H. The number of hydrogen-bond donors (Lipinski definition) is 0. The Kier molecular flexibility index (Phi) is 2.07. The SMILES string of the molecule is C(=Cc1nc2ccccc2o1)c1ccco1. The first-order valence-corrected chi connectivity index (χ1v) is 4.99. The van der Waals surface area contributed by atoms with Gasteiger partial charge in [-0.15, -0.1) is 0 Å². The molecule has 16 heavy (non-hydrogen) atoms. The van der Waals surface area contributed by atoms with Crippen LogP contribution in [0, 0.1) is 0 Å². The number of hydrogen-bond acceptors (Lipinski definition) is 3. The fourth-order valence-corrected chi connectivity index (χ4v) is 1.50. The Balaban J connectivity index is 1.95. The van der Waals surface area contributed by atoms with E-state index in [1.807, 2.05) is 42.5 Å². The van der Waals surface area contributed by atoms with Crippen LogP contribution >= 0.6 is 0 Å². The molecule has 2 aromatic heterocycles. The normalized spacial score (nSPS) is 11.5. The van der Waals surface area contributed by atoms with Crippen LogP contribution in [0.4, 0.5) is 0 Å². The van der Waals surface area contributed by atoms with E-state index in [-0.39, 0.29) is 0 Å². The van der Waals surface area contributed by atoms with E-state index < -0.39 is 0 Å². The Bertz CT molecular complexity index is 587. The summed E-state index contributed by atoms with van der Waals surface area (Å²) in [6.07, 6.45) is 5.25. The van der Waals surface area contributed by atoms with Gasteiger partial charge in [0.25, 0.3) is 0 Å². The zero-order valence-electron chi connectivity index (χ0n) is 8.46. The van der Waals surface area contributed by atoms with Gasteiger partial charge in [0.15, 0.2) is 5.58 Å². The Morgan fingerprint density at radius 3 is 2.75 bits per heavy atom. The van der Waals surface area contributed by atoms with E-state index in [0.29, 0.717) is 5.89 Å². The minimum absolute atomic E-state index is 0.581. The maximum Gasteiger partial charge on any atom is 0.220 e. The summed E-state index contributed by atoms with van der Waals surface area (Å²) < 4.78 is 10.7. The van der Waals surface area contributed by atoms with E-state index in [4.69, 9.17) is 8.83 Å². The van der Waals surface area contributed by atoms with Crippen LogP contribution in [-0.4, -0.2) is 4.98 Å². The molecule has 2 heterocycles. The monoisotopic (exact) mass is 211 g/mol. The molecule has 0 atom stereocenters. The van der Waals surface area contributed by atoms with Gasteiger partial charge in [-0.1, -0.05) is 12.1 Å². The minimum atomic E-state index is 0.581. The number of nitrogens with zero attached hydrogens (tertiary/aromatic N) is 1. The lowest BCUT2D eigenvalue weighted by molar-refractivity contribution is 0.556. The van der Waals surface area contributed by atoms with E-state index in [1.165, 1.54) is 0 Å². The third-order valence-corrected chi connectivity index (χ3v) is 2.24. The molecule has 0 saturated carbocycles. The fraction of sp³-hybridized carbons (Fsp3) is 0. The van der Waals surface area contributed by atoms with Crippen LogP contribution < -0.4 is 0 Å². The Labute approximate surface area is 92.0 Å². The summed E-state index contributed by atoms with van der Waals surface area (Å²) in [5.41, 5.74) is 1.66. The van der Waals surface area contributed by atoms with Gasteiger partial charge in [0.2, 0.25) is 5.89 Å². The summed E-state index contributed by atoms with van der Waals surface area (Å²) in [6.45, 7) is 0. The number of benzene rings is 1.